The van der Waals surface area contributed by atoms with E-state index in [9.17, 15) is 9.59 Å². The fraction of sp³-hybridized carbons (Fsp3) is 0.778. The number of esters is 1. The van der Waals surface area contributed by atoms with Gasteiger partial charge in [0.2, 0.25) is 5.91 Å². The maximum Gasteiger partial charge on any atom is 0.326 e. The molecule has 3 N–H and O–H groups in total. The van der Waals surface area contributed by atoms with Gasteiger partial charge in [0, 0.05) is 17.5 Å². The first-order chi connectivity index (χ1) is 13.6. The van der Waals surface area contributed by atoms with E-state index >= 15 is 0 Å². The molecule has 2 rings (SSSR count). The maximum absolute atomic E-state index is 12.2. The topological polar surface area (TPSA) is 120 Å². The molecule has 0 radical (unpaired) electrons. The fourth-order valence-corrected chi connectivity index (χ4v) is 2.90. The summed E-state index contributed by atoms with van der Waals surface area (Å²) in [6, 6.07) is 0. The molecule has 1 spiro atoms. The molecule has 0 atom stereocenters. The third-order valence-corrected chi connectivity index (χ3v) is 4.49. The minimum atomic E-state index is -2.71. The van der Waals surface area contributed by atoms with Crippen LogP contribution in [0.1, 0.15) is 74.7 Å². The number of amides is 1. The Balaban J connectivity index is 0.00000132. The van der Waals surface area contributed by atoms with Gasteiger partial charge in [0.05, 0.1) is 0 Å². The molecule has 0 aromatic rings. The monoisotopic (exact) mass is 372 g/mol. The smallest absolute Gasteiger partial charge is 0.326 e. The second-order valence-electron chi connectivity index (χ2n) is 6.72. The Morgan fingerprint density at radius 2 is 1.73 bits per heavy atom. The maximum atomic E-state index is 12.2. The molecular formula is C18H31N3O5. The molecule has 8 heteroatoms. The average molecular weight is 372 g/mol. The van der Waals surface area contributed by atoms with Crippen LogP contribution in [0.4, 0.5) is 0 Å². The van der Waals surface area contributed by atoms with E-state index in [1.807, 2.05) is 0 Å². The Hall–Kier alpha value is -2.12. The zero-order valence-electron chi connectivity index (χ0n) is 18.1. The van der Waals surface area contributed by atoms with Crippen LogP contribution in [0.15, 0.2) is 0 Å². The van der Waals surface area contributed by atoms with Gasteiger partial charge in [-0.2, -0.15) is 0 Å². The first kappa shape index (κ1) is 17.3. The van der Waals surface area contributed by atoms with Crippen LogP contribution >= 0.6 is 0 Å². The number of hydrogen-bond donors (Lipinski definition) is 3. The van der Waals surface area contributed by atoms with Gasteiger partial charge in [0.25, 0.3) is 6.47 Å². The highest BCUT2D eigenvalue weighted by atomic mass is 16.6. The number of carbonyl (C=O) groups is 3. The van der Waals surface area contributed by atoms with Crippen molar-refractivity contribution in [1.29, 1.82) is 5.41 Å². The van der Waals surface area contributed by atoms with Crippen LogP contribution in [-0.2, 0) is 19.1 Å². The Labute approximate surface area is 159 Å². The molecule has 1 heterocycles. The van der Waals surface area contributed by atoms with Crippen LogP contribution in [0.5, 0.6) is 0 Å². The Kier molecular flexibility index (Phi) is 7.64. The fourth-order valence-electron chi connectivity index (χ4n) is 2.90. The average Bonchev–Trinajstić information content (AvgIpc) is 3.36. The summed E-state index contributed by atoms with van der Waals surface area (Å²) in [6.07, 6.45) is 9.70. The normalized spacial score (nSPS) is 24.5. The standard InChI is InChI=1S/C17H29N3O3.CH2O2/c1-20-13-15(22)23-17(11-12-17)10-8-6-4-2-3-5-7-9-14(21)19-16(20)18;2-1-3/h2-13H2,1H3,(H2,18,19,21);1H,(H,2,3)/i1D3;. The van der Waals surface area contributed by atoms with E-state index in [1.54, 1.807) is 0 Å². The second-order valence-corrected chi connectivity index (χ2v) is 6.72. The molecule has 0 unspecified atom stereocenters. The summed E-state index contributed by atoms with van der Waals surface area (Å²) in [6.45, 7) is -3.53. The van der Waals surface area contributed by atoms with Crippen LogP contribution < -0.4 is 5.32 Å². The summed E-state index contributed by atoms with van der Waals surface area (Å²) < 4.78 is 28.2. The van der Waals surface area contributed by atoms with Crippen LogP contribution in [0, 0.1) is 5.41 Å². The quantitative estimate of drug-likeness (QED) is 0.443. The SMILES string of the molecule is O=CO.[2H]C([2H])([2H])N1CC(=O)OC2(CCCCCCCCCC(=O)NC1=N)CC2. The van der Waals surface area contributed by atoms with Crippen molar-refractivity contribution in [3.05, 3.63) is 0 Å². The van der Waals surface area contributed by atoms with Crippen molar-refractivity contribution >= 4 is 24.3 Å². The minimum Gasteiger partial charge on any atom is -0.483 e. The number of carboxylic acid groups (broad SMARTS) is 1. The highest BCUT2D eigenvalue weighted by Crippen LogP contribution is 2.44. The Bertz CT molecular complexity index is 580. The number of hydrogen-bond acceptors (Lipinski definition) is 5. The van der Waals surface area contributed by atoms with Gasteiger partial charge < -0.3 is 14.7 Å². The van der Waals surface area contributed by atoms with Gasteiger partial charge >= 0.3 is 5.97 Å². The van der Waals surface area contributed by atoms with E-state index in [0.29, 0.717) is 11.3 Å². The van der Waals surface area contributed by atoms with Gasteiger partial charge in [-0.3, -0.25) is 25.1 Å². The molecule has 8 nitrogen and oxygen atoms in total. The van der Waals surface area contributed by atoms with E-state index in [2.05, 4.69) is 5.32 Å². The van der Waals surface area contributed by atoms with E-state index in [4.69, 9.17) is 24.2 Å². The summed E-state index contributed by atoms with van der Waals surface area (Å²) in [5.74, 6) is -1.65. The first-order valence-corrected chi connectivity index (χ1v) is 9.09. The van der Waals surface area contributed by atoms with Crippen LogP contribution in [-0.4, -0.2) is 53.4 Å². The van der Waals surface area contributed by atoms with Gasteiger partial charge in [-0.15, -0.1) is 0 Å². The summed E-state index contributed by atoms with van der Waals surface area (Å²) in [5.41, 5.74) is -0.448. The molecule has 26 heavy (non-hydrogen) atoms. The van der Waals surface area contributed by atoms with E-state index in [0.717, 1.165) is 57.8 Å². The molecule has 1 amide bonds. The predicted molar refractivity (Wildman–Crippen MR) is 96.8 cm³/mol. The number of guanidine groups is 1. The highest BCUT2D eigenvalue weighted by molar-refractivity contribution is 5.96. The van der Waals surface area contributed by atoms with Gasteiger partial charge in [-0.05, 0) is 32.1 Å². The lowest BCUT2D eigenvalue weighted by Crippen LogP contribution is -2.44. The molecule has 2 fully saturated rings. The summed E-state index contributed by atoms with van der Waals surface area (Å²) in [4.78, 5) is 33.2. The second kappa shape index (κ2) is 11.5. The lowest BCUT2D eigenvalue weighted by molar-refractivity contribution is -0.152. The zero-order valence-corrected chi connectivity index (χ0v) is 15.1. The molecule has 0 aromatic carbocycles. The number of nitrogens with one attached hydrogen (secondary N) is 2. The zero-order chi connectivity index (χ0) is 21.9. The molecule has 1 saturated heterocycles. The molecule has 148 valence electrons. The van der Waals surface area contributed by atoms with Crippen molar-refractivity contribution in [2.24, 2.45) is 0 Å². The van der Waals surface area contributed by atoms with Crippen molar-refractivity contribution in [2.45, 2.75) is 76.2 Å². The largest absolute Gasteiger partial charge is 0.483 e. The van der Waals surface area contributed by atoms with Crippen molar-refractivity contribution in [3.8, 4) is 0 Å². The Morgan fingerprint density at radius 3 is 2.31 bits per heavy atom. The van der Waals surface area contributed by atoms with Gasteiger partial charge in [0.1, 0.15) is 12.1 Å². The van der Waals surface area contributed by atoms with E-state index < -0.39 is 37.0 Å². The van der Waals surface area contributed by atoms with Crippen molar-refractivity contribution in [1.82, 2.24) is 10.2 Å². The molecule has 0 aromatic heterocycles. The third kappa shape index (κ3) is 8.82. The summed E-state index contributed by atoms with van der Waals surface area (Å²) >= 11 is 0. The summed E-state index contributed by atoms with van der Waals surface area (Å²) in [5, 5.41) is 17.1. The van der Waals surface area contributed by atoms with Gasteiger partial charge in [-0.25, -0.2) is 0 Å². The van der Waals surface area contributed by atoms with Crippen molar-refractivity contribution in [2.75, 3.05) is 13.5 Å². The van der Waals surface area contributed by atoms with E-state index in [1.165, 1.54) is 0 Å². The molecule has 0 bridgehead atoms. The van der Waals surface area contributed by atoms with Gasteiger partial charge in [0.15, 0.2) is 5.96 Å². The molecule has 1 saturated carbocycles. The number of carbonyl (C=O) groups excluding carboxylic acids is 2. The highest BCUT2D eigenvalue weighted by Gasteiger charge is 2.46. The molecule has 2 aliphatic rings. The Morgan fingerprint density at radius 1 is 1.15 bits per heavy atom. The lowest BCUT2D eigenvalue weighted by atomic mass is 10.0. The lowest BCUT2D eigenvalue weighted by Gasteiger charge is -2.22. The minimum absolute atomic E-state index is 0.241. The molecule has 1 aliphatic carbocycles. The van der Waals surface area contributed by atoms with Crippen LogP contribution in [0.25, 0.3) is 0 Å². The first-order valence-electron chi connectivity index (χ1n) is 10.6. The van der Waals surface area contributed by atoms with Gasteiger partial charge in [-0.1, -0.05) is 32.1 Å². The summed E-state index contributed by atoms with van der Waals surface area (Å²) in [7, 11) is 0. The molecular weight excluding hydrogens is 338 g/mol. The third-order valence-electron chi connectivity index (χ3n) is 4.49. The number of rotatable bonds is 0. The number of nitrogens with zero attached hydrogens (tertiary/aromatic N) is 1. The predicted octanol–water partition coefficient (Wildman–Crippen LogP) is 2.27. The number of likely N-dealkylation sites (N-methyl/N-ethyl adjacent to an activating group) is 1. The van der Waals surface area contributed by atoms with Crippen molar-refractivity contribution < 1.29 is 28.3 Å². The van der Waals surface area contributed by atoms with E-state index in [-0.39, 0.29) is 12.9 Å². The van der Waals surface area contributed by atoms with Crippen LogP contribution in [0.3, 0.4) is 0 Å². The van der Waals surface area contributed by atoms with Crippen LogP contribution in [0.2, 0.25) is 0 Å². The number of ether oxygens (including phenoxy) is 1. The van der Waals surface area contributed by atoms with Crippen molar-refractivity contribution in [3.63, 3.8) is 0 Å². The molecule has 1 aliphatic heterocycles.